The van der Waals surface area contributed by atoms with Crippen LogP contribution in [0.15, 0.2) is 82.5 Å². The Morgan fingerprint density at radius 3 is 1.95 bits per heavy atom. The zero-order valence-electron chi connectivity index (χ0n) is 26.1. The number of aliphatic hydroxyl groups is 1. The highest BCUT2D eigenvalue weighted by molar-refractivity contribution is 6.77. The van der Waals surface area contributed by atoms with Crippen LogP contribution in [0.4, 0.5) is 0 Å². The van der Waals surface area contributed by atoms with Crippen LogP contribution in [0.1, 0.15) is 58.9 Å². The normalized spacial score (nSPS) is 22.6. The molecule has 9 nitrogen and oxygen atoms in total. The number of aromatic nitrogens is 2. The van der Waals surface area contributed by atoms with Gasteiger partial charge in [0.15, 0.2) is 14.5 Å². The van der Waals surface area contributed by atoms with Gasteiger partial charge in [0.2, 0.25) is 0 Å². The summed E-state index contributed by atoms with van der Waals surface area (Å²) in [5.74, 6) is 0. The fourth-order valence-corrected chi connectivity index (χ4v) is 12.1. The second kappa shape index (κ2) is 14.3. The lowest BCUT2D eigenvalue weighted by molar-refractivity contribution is -0.173. The van der Waals surface area contributed by atoms with E-state index in [1.807, 2.05) is 60.7 Å². The molecule has 1 aliphatic rings. The van der Waals surface area contributed by atoms with Crippen molar-refractivity contribution >= 4 is 8.32 Å². The predicted octanol–water partition coefficient (Wildman–Crippen LogP) is 5.16. The first-order valence-electron chi connectivity index (χ1n) is 15.1. The molecule has 1 saturated heterocycles. The summed E-state index contributed by atoms with van der Waals surface area (Å²) < 4.78 is 27.7. The van der Waals surface area contributed by atoms with Gasteiger partial charge in [-0.1, -0.05) is 102 Å². The largest absolute Gasteiger partial charge is 0.413 e. The highest BCUT2D eigenvalue weighted by Crippen LogP contribution is 2.46. The number of hydrogen-bond donors (Lipinski definition) is 2. The molecule has 1 aliphatic heterocycles. The summed E-state index contributed by atoms with van der Waals surface area (Å²) in [4.78, 5) is 27.0. The number of hydrogen-bond acceptors (Lipinski definition) is 7. The predicted molar refractivity (Wildman–Crippen MR) is 168 cm³/mol. The third-order valence-corrected chi connectivity index (χ3v) is 14.7. The number of nitrogens with one attached hydrogen (secondary N) is 1. The van der Waals surface area contributed by atoms with Crippen molar-refractivity contribution in [3.05, 3.63) is 105 Å². The van der Waals surface area contributed by atoms with Gasteiger partial charge in [0.05, 0.1) is 26.4 Å². The maximum atomic E-state index is 12.9. The molecule has 4 atom stereocenters. The molecule has 3 aromatic rings. The summed E-state index contributed by atoms with van der Waals surface area (Å²) in [5, 5.41) is 11.8. The first kappa shape index (κ1) is 33.0. The number of ether oxygens (including phenoxy) is 3. The van der Waals surface area contributed by atoms with Crippen molar-refractivity contribution in [2.24, 2.45) is 0 Å². The van der Waals surface area contributed by atoms with Crippen molar-refractivity contribution < 1.29 is 23.7 Å². The van der Waals surface area contributed by atoms with Crippen molar-refractivity contribution in [1.29, 1.82) is 0 Å². The zero-order valence-corrected chi connectivity index (χ0v) is 27.1. The average Bonchev–Trinajstić information content (AvgIpc) is 3.23. The van der Waals surface area contributed by atoms with E-state index in [1.54, 1.807) is 0 Å². The molecule has 2 N–H and O–H groups in total. The highest BCUT2D eigenvalue weighted by Gasteiger charge is 2.58. The fraction of sp³-hybridized carbons (Fsp3) is 0.515. The Balaban J connectivity index is 1.75. The smallest absolute Gasteiger partial charge is 0.330 e. The Morgan fingerprint density at radius 2 is 1.42 bits per heavy atom. The second-order valence-corrected chi connectivity index (χ2v) is 17.8. The molecule has 4 rings (SSSR count). The van der Waals surface area contributed by atoms with Gasteiger partial charge in [0.1, 0.15) is 17.8 Å². The first-order chi connectivity index (χ1) is 20.5. The molecule has 0 spiro atoms. The van der Waals surface area contributed by atoms with Gasteiger partial charge in [-0.15, -0.1) is 0 Å². The molecule has 10 heteroatoms. The van der Waals surface area contributed by atoms with Crippen LogP contribution in [0.3, 0.4) is 0 Å². The van der Waals surface area contributed by atoms with Crippen LogP contribution in [0, 0.1) is 0 Å². The molecule has 43 heavy (non-hydrogen) atoms. The molecule has 0 bridgehead atoms. The molecule has 2 heterocycles. The summed E-state index contributed by atoms with van der Waals surface area (Å²) in [7, 11) is -2.39. The lowest BCUT2D eigenvalue weighted by Gasteiger charge is -2.45. The molecular formula is C33H46N2O7Si. The van der Waals surface area contributed by atoms with Gasteiger partial charge in [-0.2, -0.15) is 0 Å². The van der Waals surface area contributed by atoms with Gasteiger partial charge in [0, 0.05) is 12.3 Å². The van der Waals surface area contributed by atoms with Crippen LogP contribution in [-0.4, -0.2) is 54.0 Å². The molecule has 1 aromatic heterocycles. The summed E-state index contributed by atoms with van der Waals surface area (Å²) in [5.41, 5.74) is 0.355. The van der Waals surface area contributed by atoms with Crippen molar-refractivity contribution in [1.82, 2.24) is 9.55 Å². The van der Waals surface area contributed by atoms with Crippen molar-refractivity contribution in [3.8, 4) is 0 Å². The second-order valence-electron chi connectivity index (χ2n) is 12.4. The lowest BCUT2D eigenvalue weighted by Crippen LogP contribution is -2.57. The number of H-pyrrole nitrogens is 1. The minimum absolute atomic E-state index is 0.0474. The standard InChI is InChI=1S/C33H46N2O7Si/c1-23(2)43(24(3)4,25(5)6)41-22-33(21-39-19-26-13-9-7-10-14-26)30(40-20-27-15-11-8-12-16-27)29(37)31(42-33)35-18-17-28(36)34-32(35)38/h7-18,23-25,29-31,37H,19-22H2,1-6H3,(H,34,36,38)/t29-,30+,31-,33+/m1/s1. The van der Waals surface area contributed by atoms with Gasteiger partial charge >= 0.3 is 5.69 Å². The Morgan fingerprint density at radius 1 is 0.860 bits per heavy atom. The van der Waals surface area contributed by atoms with E-state index in [2.05, 4.69) is 46.5 Å². The first-order valence-corrected chi connectivity index (χ1v) is 17.2. The molecular weight excluding hydrogens is 564 g/mol. The Bertz CT molecular complexity index is 1390. The quantitative estimate of drug-likeness (QED) is 0.243. The van der Waals surface area contributed by atoms with Crippen LogP contribution in [0.25, 0.3) is 0 Å². The van der Waals surface area contributed by atoms with Gasteiger partial charge in [-0.3, -0.25) is 14.3 Å². The van der Waals surface area contributed by atoms with E-state index in [1.165, 1.54) is 16.8 Å². The molecule has 2 aromatic carbocycles. The van der Waals surface area contributed by atoms with E-state index in [4.69, 9.17) is 18.6 Å². The van der Waals surface area contributed by atoms with Gasteiger partial charge in [-0.25, -0.2) is 4.79 Å². The third kappa shape index (κ3) is 7.27. The maximum Gasteiger partial charge on any atom is 0.330 e. The highest BCUT2D eigenvalue weighted by atomic mass is 28.4. The number of aromatic amines is 1. The Labute approximate surface area is 254 Å². The number of aliphatic hydroxyl groups excluding tert-OH is 1. The third-order valence-electron chi connectivity index (χ3n) is 8.61. The fourth-order valence-electron chi connectivity index (χ4n) is 6.63. The van der Waals surface area contributed by atoms with E-state index in [0.29, 0.717) is 23.2 Å². The van der Waals surface area contributed by atoms with E-state index >= 15 is 0 Å². The molecule has 234 valence electrons. The Hall–Kier alpha value is -2.86. The molecule has 0 amide bonds. The van der Waals surface area contributed by atoms with Gasteiger partial charge in [-0.05, 0) is 27.8 Å². The van der Waals surface area contributed by atoms with Crippen molar-refractivity contribution in [3.63, 3.8) is 0 Å². The van der Waals surface area contributed by atoms with E-state index in [-0.39, 0.29) is 19.8 Å². The molecule has 0 unspecified atom stereocenters. The van der Waals surface area contributed by atoms with Crippen molar-refractivity contribution in [2.45, 2.75) is 95.4 Å². The number of benzene rings is 2. The number of nitrogens with zero attached hydrogens (tertiary/aromatic N) is 1. The topological polar surface area (TPSA) is 112 Å². The monoisotopic (exact) mass is 610 g/mol. The average molecular weight is 611 g/mol. The van der Waals surface area contributed by atoms with Crippen LogP contribution in [0.5, 0.6) is 0 Å². The molecule has 1 fully saturated rings. The number of rotatable bonds is 14. The van der Waals surface area contributed by atoms with Crippen molar-refractivity contribution in [2.75, 3.05) is 13.2 Å². The molecule has 0 saturated carbocycles. The van der Waals surface area contributed by atoms with Gasteiger partial charge < -0.3 is 23.7 Å². The van der Waals surface area contributed by atoms with Crippen LogP contribution in [0.2, 0.25) is 16.6 Å². The molecule has 0 aliphatic carbocycles. The minimum Gasteiger partial charge on any atom is -0.413 e. The van der Waals surface area contributed by atoms with Gasteiger partial charge in [0.25, 0.3) is 5.56 Å². The zero-order chi connectivity index (χ0) is 31.2. The summed E-state index contributed by atoms with van der Waals surface area (Å²) in [6.07, 6.45) is -1.97. The minimum atomic E-state index is -2.39. The van der Waals surface area contributed by atoms with Crippen LogP contribution in [-0.2, 0) is 31.9 Å². The summed E-state index contributed by atoms with van der Waals surface area (Å²) in [6.45, 7) is 13.9. The maximum absolute atomic E-state index is 12.9. The van der Waals surface area contributed by atoms with E-state index in [0.717, 1.165) is 11.1 Å². The van der Waals surface area contributed by atoms with E-state index in [9.17, 15) is 14.7 Å². The summed E-state index contributed by atoms with van der Waals surface area (Å²) in [6, 6.07) is 20.7. The Kier molecular flexibility index (Phi) is 11.0. The van der Waals surface area contributed by atoms with E-state index < -0.39 is 43.6 Å². The lowest BCUT2D eigenvalue weighted by atomic mass is 9.96. The van der Waals surface area contributed by atoms with Crippen LogP contribution < -0.4 is 11.2 Å². The van der Waals surface area contributed by atoms with Crippen LogP contribution >= 0.6 is 0 Å². The summed E-state index contributed by atoms with van der Waals surface area (Å²) >= 11 is 0. The molecule has 0 radical (unpaired) electrons. The SMILES string of the molecule is CC(C)[Si](OC[C@]1(COCc2ccccc2)O[C@@H](n2ccc(=O)[nH]c2=O)[C@H](O)[C@@H]1OCc1ccccc1)(C(C)C)C(C)C.